The highest BCUT2D eigenvalue weighted by atomic mass is 16.2. The van der Waals surface area contributed by atoms with Crippen molar-refractivity contribution in [2.75, 3.05) is 17.7 Å². The van der Waals surface area contributed by atoms with Crippen LogP contribution >= 0.6 is 0 Å². The van der Waals surface area contributed by atoms with Gasteiger partial charge in [0.15, 0.2) is 5.69 Å². The van der Waals surface area contributed by atoms with E-state index in [0.717, 1.165) is 16.9 Å². The van der Waals surface area contributed by atoms with E-state index < -0.39 is 17.2 Å². The number of nitrogens with one attached hydrogen (secondary N) is 1. The van der Waals surface area contributed by atoms with Crippen LogP contribution in [0.2, 0.25) is 0 Å². The number of aromatic nitrogens is 4. The van der Waals surface area contributed by atoms with Crippen molar-refractivity contribution in [1.29, 1.82) is 0 Å². The fraction of sp³-hybridized carbons (Fsp3) is 0.286. The van der Waals surface area contributed by atoms with E-state index in [1.165, 1.54) is 28.4 Å². The van der Waals surface area contributed by atoms with E-state index in [0.29, 0.717) is 13.0 Å². The standard InChI is InChI=1S/C21H24N6O4/c1-3-4-12-26-18(22)17(19(29)23-21(26)31)25(2)20(30)15-10-11-16(28)27(24-15)13-14-8-6-5-7-9-14/h5-11H,3-4,12-13,22H2,1-2H3,(H,23,29,31). The molecular formula is C21H24N6O4. The number of anilines is 2. The second kappa shape index (κ2) is 9.24. The number of nitrogen functional groups attached to an aromatic ring is 1. The second-order valence-electron chi connectivity index (χ2n) is 7.06. The van der Waals surface area contributed by atoms with Gasteiger partial charge < -0.3 is 10.6 Å². The summed E-state index contributed by atoms with van der Waals surface area (Å²) in [6.45, 7) is 2.46. The minimum absolute atomic E-state index is 0.0388. The lowest BCUT2D eigenvalue weighted by atomic mass is 10.2. The van der Waals surface area contributed by atoms with Crippen LogP contribution in [-0.2, 0) is 13.1 Å². The molecule has 0 fully saturated rings. The largest absolute Gasteiger partial charge is 0.383 e. The molecule has 0 spiro atoms. The molecule has 0 aliphatic rings. The summed E-state index contributed by atoms with van der Waals surface area (Å²) >= 11 is 0. The maximum atomic E-state index is 13.0. The Morgan fingerprint density at radius 3 is 2.52 bits per heavy atom. The quantitative estimate of drug-likeness (QED) is 0.576. The van der Waals surface area contributed by atoms with Crippen LogP contribution in [0.5, 0.6) is 0 Å². The SMILES string of the molecule is CCCCn1c(N)c(N(C)C(=O)c2ccc(=O)n(Cc3ccccc3)n2)c(=O)[nH]c1=O. The molecule has 0 aliphatic carbocycles. The number of rotatable bonds is 7. The average Bonchev–Trinajstić information content (AvgIpc) is 2.75. The number of carbonyl (C=O) groups excluding carboxylic acids is 1. The van der Waals surface area contributed by atoms with Gasteiger partial charge in [-0.05, 0) is 18.1 Å². The first-order chi connectivity index (χ1) is 14.8. The van der Waals surface area contributed by atoms with Crippen molar-refractivity contribution >= 4 is 17.4 Å². The average molecular weight is 424 g/mol. The van der Waals surface area contributed by atoms with E-state index in [9.17, 15) is 19.2 Å². The van der Waals surface area contributed by atoms with Gasteiger partial charge in [0.2, 0.25) is 0 Å². The van der Waals surface area contributed by atoms with Gasteiger partial charge in [0, 0.05) is 19.7 Å². The summed E-state index contributed by atoms with van der Waals surface area (Å²) < 4.78 is 2.40. The fourth-order valence-electron chi connectivity index (χ4n) is 3.15. The molecule has 0 unspecified atom stereocenters. The zero-order valence-corrected chi connectivity index (χ0v) is 17.4. The summed E-state index contributed by atoms with van der Waals surface area (Å²) in [5, 5.41) is 4.15. The third-order valence-electron chi connectivity index (χ3n) is 4.85. The van der Waals surface area contributed by atoms with Crippen molar-refractivity contribution in [3.8, 4) is 0 Å². The Hall–Kier alpha value is -3.95. The Balaban J connectivity index is 1.97. The maximum Gasteiger partial charge on any atom is 0.330 e. The molecule has 3 N–H and O–H groups in total. The molecule has 1 aromatic carbocycles. The molecule has 0 saturated heterocycles. The van der Waals surface area contributed by atoms with Crippen LogP contribution in [-0.4, -0.2) is 32.3 Å². The lowest BCUT2D eigenvalue weighted by Crippen LogP contribution is -2.40. The van der Waals surface area contributed by atoms with E-state index in [1.807, 2.05) is 37.3 Å². The summed E-state index contributed by atoms with van der Waals surface area (Å²) in [5.41, 5.74) is 4.96. The summed E-state index contributed by atoms with van der Waals surface area (Å²) in [6, 6.07) is 11.8. The molecule has 0 radical (unpaired) electrons. The number of hydrogen-bond acceptors (Lipinski definition) is 6. The van der Waals surface area contributed by atoms with Crippen LogP contribution < -0.4 is 27.4 Å². The van der Waals surface area contributed by atoms with Crippen molar-refractivity contribution in [3.63, 3.8) is 0 Å². The second-order valence-corrected chi connectivity index (χ2v) is 7.06. The first kappa shape index (κ1) is 21.8. The Bertz CT molecular complexity index is 1260. The summed E-state index contributed by atoms with van der Waals surface area (Å²) in [4.78, 5) is 53.0. The van der Waals surface area contributed by atoms with Crippen LogP contribution in [0.4, 0.5) is 11.5 Å². The molecule has 10 heteroatoms. The first-order valence-electron chi connectivity index (χ1n) is 9.86. The smallest absolute Gasteiger partial charge is 0.330 e. The number of unbranched alkanes of at least 4 members (excludes halogenated alkanes) is 1. The molecule has 0 atom stereocenters. The molecule has 0 bridgehead atoms. The normalized spacial score (nSPS) is 10.8. The summed E-state index contributed by atoms with van der Waals surface area (Å²) in [5.74, 6) is -0.740. The number of carbonyl (C=O) groups is 1. The number of nitrogens with two attached hydrogens (primary N) is 1. The maximum absolute atomic E-state index is 13.0. The zero-order chi connectivity index (χ0) is 22.5. The van der Waals surface area contributed by atoms with Gasteiger partial charge in [0.1, 0.15) is 11.5 Å². The van der Waals surface area contributed by atoms with E-state index >= 15 is 0 Å². The van der Waals surface area contributed by atoms with Crippen LogP contribution in [0.15, 0.2) is 56.8 Å². The van der Waals surface area contributed by atoms with Gasteiger partial charge in [-0.1, -0.05) is 43.7 Å². The van der Waals surface area contributed by atoms with Gasteiger partial charge in [0.05, 0.1) is 6.54 Å². The minimum Gasteiger partial charge on any atom is -0.383 e. The molecule has 10 nitrogen and oxygen atoms in total. The predicted molar refractivity (Wildman–Crippen MR) is 117 cm³/mol. The van der Waals surface area contributed by atoms with Gasteiger partial charge in [-0.15, -0.1) is 0 Å². The monoisotopic (exact) mass is 424 g/mol. The molecule has 2 heterocycles. The molecular weight excluding hydrogens is 400 g/mol. The highest BCUT2D eigenvalue weighted by Gasteiger charge is 2.23. The highest BCUT2D eigenvalue weighted by molar-refractivity contribution is 6.05. The first-order valence-corrected chi connectivity index (χ1v) is 9.86. The zero-order valence-electron chi connectivity index (χ0n) is 17.4. The van der Waals surface area contributed by atoms with Gasteiger partial charge in [-0.3, -0.25) is 23.9 Å². The third-order valence-corrected chi connectivity index (χ3v) is 4.85. The predicted octanol–water partition coefficient (Wildman–Crippen LogP) is 0.800. The number of benzene rings is 1. The van der Waals surface area contributed by atoms with E-state index in [-0.39, 0.29) is 29.3 Å². The Kier molecular flexibility index (Phi) is 6.49. The van der Waals surface area contributed by atoms with Crippen molar-refractivity contribution in [2.45, 2.75) is 32.9 Å². The van der Waals surface area contributed by atoms with Crippen LogP contribution in [0, 0.1) is 0 Å². The van der Waals surface area contributed by atoms with Gasteiger partial charge in [-0.2, -0.15) is 5.10 Å². The number of amides is 1. The number of H-pyrrole nitrogens is 1. The van der Waals surface area contributed by atoms with Gasteiger partial charge in [-0.25, -0.2) is 9.48 Å². The Labute approximate surface area is 177 Å². The summed E-state index contributed by atoms with van der Waals surface area (Å²) in [7, 11) is 1.37. The molecule has 1 amide bonds. The minimum atomic E-state index is -0.774. The lowest BCUT2D eigenvalue weighted by Gasteiger charge is -2.20. The van der Waals surface area contributed by atoms with Crippen molar-refractivity contribution in [2.24, 2.45) is 0 Å². The van der Waals surface area contributed by atoms with E-state index in [4.69, 9.17) is 5.73 Å². The third kappa shape index (κ3) is 4.63. The molecule has 3 aromatic rings. The number of nitrogens with zero attached hydrogens (tertiary/aromatic N) is 4. The van der Waals surface area contributed by atoms with E-state index in [2.05, 4.69) is 10.1 Å². The van der Waals surface area contributed by atoms with Crippen LogP contribution in [0.1, 0.15) is 35.8 Å². The van der Waals surface area contributed by atoms with Crippen molar-refractivity contribution < 1.29 is 4.79 Å². The highest BCUT2D eigenvalue weighted by Crippen LogP contribution is 2.17. The molecule has 0 aliphatic heterocycles. The van der Waals surface area contributed by atoms with E-state index in [1.54, 1.807) is 0 Å². The summed E-state index contributed by atoms with van der Waals surface area (Å²) in [6.07, 6.45) is 1.50. The topological polar surface area (TPSA) is 136 Å². The molecule has 3 rings (SSSR count). The van der Waals surface area contributed by atoms with Crippen LogP contribution in [0.25, 0.3) is 0 Å². The molecule has 2 aromatic heterocycles. The molecule has 31 heavy (non-hydrogen) atoms. The molecule has 162 valence electrons. The fourth-order valence-corrected chi connectivity index (χ4v) is 3.15. The number of aromatic amines is 1. The van der Waals surface area contributed by atoms with Crippen molar-refractivity contribution in [1.82, 2.24) is 19.3 Å². The van der Waals surface area contributed by atoms with Crippen molar-refractivity contribution in [3.05, 3.63) is 84.9 Å². The Morgan fingerprint density at radius 2 is 1.84 bits per heavy atom. The van der Waals surface area contributed by atoms with Crippen LogP contribution in [0.3, 0.4) is 0 Å². The molecule has 0 saturated carbocycles. The van der Waals surface area contributed by atoms with Gasteiger partial charge >= 0.3 is 5.69 Å². The lowest BCUT2D eigenvalue weighted by molar-refractivity contribution is 0.0985. The number of hydrogen-bond donors (Lipinski definition) is 2. The van der Waals surface area contributed by atoms with Gasteiger partial charge in [0.25, 0.3) is 17.0 Å². The Morgan fingerprint density at radius 1 is 1.13 bits per heavy atom.